The van der Waals surface area contributed by atoms with Gasteiger partial charge >= 0.3 is 8.80 Å². The Hall–Kier alpha value is 0.0569. The van der Waals surface area contributed by atoms with Crippen LogP contribution in [0.25, 0.3) is 0 Å². The Labute approximate surface area is 55.5 Å². The summed E-state index contributed by atoms with van der Waals surface area (Å²) < 4.78 is 0. The van der Waals surface area contributed by atoms with Crippen molar-refractivity contribution in [2.75, 3.05) is 13.1 Å². The number of hydrogen-bond acceptors (Lipinski definition) is 4. The van der Waals surface area contributed by atoms with Gasteiger partial charge in [0.05, 0.1) is 0 Å². The Morgan fingerprint density at radius 1 is 1.33 bits per heavy atom. The molecule has 4 N–H and O–H groups in total. The Kier molecular flexibility index (Phi) is 3.99. The monoisotopic (exact) mass is 151 g/mol. The van der Waals surface area contributed by atoms with E-state index in [1.807, 2.05) is 6.92 Å². The fourth-order valence-electron chi connectivity index (χ4n) is 0.433. The highest BCUT2D eigenvalue weighted by atomic mass is 28.4. The Morgan fingerprint density at radius 2 is 1.89 bits per heavy atom. The summed E-state index contributed by atoms with van der Waals surface area (Å²) in [6.45, 7) is 3.16. The fraction of sp³-hybridized carbons (Fsp3) is 1.00. The Balaban J connectivity index is 3.07. The third kappa shape index (κ3) is 8.06. The maximum Gasteiger partial charge on any atom is 0.494 e. The quantitative estimate of drug-likeness (QED) is 0.292. The summed E-state index contributed by atoms with van der Waals surface area (Å²) in [5.41, 5.74) is 0. The molecule has 0 aromatic carbocycles. The molecule has 4 nitrogen and oxygen atoms in total. The van der Waals surface area contributed by atoms with Crippen LogP contribution in [0.5, 0.6) is 0 Å². The summed E-state index contributed by atoms with van der Waals surface area (Å²) >= 11 is 0. The van der Waals surface area contributed by atoms with Gasteiger partial charge in [0.1, 0.15) is 0 Å². The van der Waals surface area contributed by atoms with Gasteiger partial charge in [0.15, 0.2) is 0 Å². The van der Waals surface area contributed by atoms with E-state index in [1.54, 1.807) is 0 Å². The largest absolute Gasteiger partial charge is 0.494 e. The van der Waals surface area contributed by atoms with Crippen molar-refractivity contribution >= 4 is 8.80 Å². The van der Waals surface area contributed by atoms with Gasteiger partial charge in [-0.25, -0.2) is 0 Å². The average Bonchev–Trinajstić information content (AvgIpc) is 1.63. The molecule has 0 unspecified atom stereocenters. The van der Waals surface area contributed by atoms with Gasteiger partial charge in [0.25, 0.3) is 0 Å². The zero-order chi connectivity index (χ0) is 7.33. The number of nitrogens with one attached hydrogen (secondary N) is 1. The van der Waals surface area contributed by atoms with Crippen LogP contribution in [0.1, 0.15) is 6.92 Å². The van der Waals surface area contributed by atoms with Gasteiger partial charge in [0, 0.05) is 6.04 Å². The van der Waals surface area contributed by atoms with Crippen molar-refractivity contribution in [3.63, 3.8) is 0 Å². The molecule has 0 radical (unpaired) electrons. The van der Waals surface area contributed by atoms with E-state index in [0.29, 0.717) is 6.54 Å². The summed E-state index contributed by atoms with van der Waals surface area (Å²) in [6, 6.07) is 0.0703. The molecule has 0 atom stereocenters. The topological polar surface area (TPSA) is 72.7 Å². The van der Waals surface area contributed by atoms with Crippen LogP contribution in [0, 0.1) is 0 Å². The van der Waals surface area contributed by atoms with Crippen LogP contribution in [0.3, 0.4) is 0 Å². The number of hydrogen-bond donors (Lipinski definition) is 4. The molecule has 0 heterocycles. The first kappa shape index (κ1) is 9.06. The highest BCUT2D eigenvalue weighted by Crippen LogP contribution is 1.92. The van der Waals surface area contributed by atoms with Gasteiger partial charge < -0.3 is 19.7 Å². The minimum Gasteiger partial charge on any atom is -0.390 e. The van der Waals surface area contributed by atoms with Crippen LogP contribution >= 0.6 is 0 Å². The molecule has 56 valence electrons. The van der Waals surface area contributed by atoms with Crippen LogP contribution in [0.2, 0.25) is 6.04 Å². The van der Waals surface area contributed by atoms with Gasteiger partial charge in [-0.05, 0) is 13.1 Å². The summed E-state index contributed by atoms with van der Waals surface area (Å²) in [7, 11) is -3.76. The molecule has 9 heavy (non-hydrogen) atoms. The molecule has 0 saturated heterocycles. The minimum absolute atomic E-state index is 0.0703. The van der Waals surface area contributed by atoms with Crippen LogP contribution in [0.15, 0.2) is 0 Å². The summed E-state index contributed by atoms with van der Waals surface area (Å²) in [5.74, 6) is 0. The fourth-order valence-corrected chi connectivity index (χ4v) is 0.945. The highest BCUT2D eigenvalue weighted by Gasteiger charge is 2.25. The van der Waals surface area contributed by atoms with Crippen LogP contribution < -0.4 is 5.32 Å². The molecule has 0 amide bonds. The third-order valence-corrected chi connectivity index (χ3v) is 1.81. The molecular weight excluding hydrogens is 138 g/mol. The van der Waals surface area contributed by atoms with E-state index in [1.165, 1.54) is 0 Å². The Morgan fingerprint density at radius 3 is 2.22 bits per heavy atom. The van der Waals surface area contributed by atoms with E-state index in [-0.39, 0.29) is 6.04 Å². The van der Waals surface area contributed by atoms with E-state index in [0.717, 1.165) is 6.54 Å². The van der Waals surface area contributed by atoms with Crippen molar-refractivity contribution in [1.82, 2.24) is 5.32 Å². The third-order valence-electron chi connectivity index (χ3n) is 0.887. The average molecular weight is 151 g/mol. The van der Waals surface area contributed by atoms with Crippen molar-refractivity contribution in [2.24, 2.45) is 0 Å². The van der Waals surface area contributed by atoms with Gasteiger partial charge in [-0.15, -0.1) is 0 Å². The molecule has 0 aliphatic heterocycles. The van der Waals surface area contributed by atoms with Crippen molar-refractivity contribution in [3.05, 3.63) is 0 Å². The van der Waals surface area contributed by atoms with Crippen LogP contribution in [0.4, 0.5) is 0 Å². The van der Waals surface area contributed by atoms with Crippen molar-refractivity contribution in [3.8, 4) is 0 Å². The lowest BCUT2D eigenvalue weighted by molar-refractivity contribution is 0.227. The van der Waals surface area contributed by atoms with Gasteiger partial charge in [-0.3, -0.25) is 0 Å². The Bertz CT molecular complexity index is 72.7. The lowest BCUT2D eigenvalue weighted by Gasteiger charge is -2.07. The second-order valence-electron chi connectivity index (χ2n) is 1.88. The number of rotatable bonds is 4. The van der Waals surface area contributed by atoms with Crippen molar-refractivity contribution in [2.45, 2.75) is 13.0 Å². The zero-order valence-electron chi connectivity index (χ0n) is 5.46. The van der Waals surface area contributed by atoms with Gasteiger partial charge in [-0.2, -0.15) is 0 Å². The second kappa shape index (κ2) is 3.97. The molecule has 0 aromatic heterocycles. The lowest BCUT2D eigenvalue weighted by atomic mass is 10.7. The molecule has 0 rings (SSSR count). The van der Waals surface area contributed by atoms with Gasteiger partial charge in [0.2, 0.25) is 0 Å². The van der Waals surface area contributed by atoms with Crippen molar-refractivity contribution < 1.29 is 14.4 Å². The van der Waals surface area contributed by atoms with Crippen LogP contribution in [-0.4, -0.2) is 36.3 Å². The molecule has 0 spiro atoms. The summed E-state index contributed by atoms with van der Waals surface area (Å²) in [5, 5.41) is 2.86. The summed E-state index contributed by atoms with van der Waals surface area (Å²) in [6.07, 6.45) is 0. The zero-order valence-corrected chi connectivity index (χ0v) is 6.46. The van der Waals surface area contributed by atoms with Gasteiger partial charge in [-0.1, -0.05) is 6.92 Å². The highest BCUT2D eigenvalue weighted by molar-refractivity contribution is 6.56. The summed E-state index contributed by atoms with van der Waals surface area (Å²) in [4.78, 5) is 25.4. The van der Waals surface area contributed by atoms with Crippen LogP contribution in [-0.2, 0) is 0 Å². The maximum absolute atomic E-state index is 8.45. The molecule has 0 saturated carbocycles. The standard InChI is InChI=1S/C4H13NO3Si/c1-2-5-3-4-9(6,7)8/h5-8H,2-4H2,1H3. The predicted molar refractivity (Wildman–Crippen MR) is 35.8 cm³/mol. The van der Waals surface area contributed by atoms with E-state index >= 15 is 0 Å². The molecule has 0 aliphatic carbocycles. The molecule has 0 aromatic rings. The molecule has 0 bridgehead atoms. The molecular formula is C4H13NO3Si. The lowest BCUT2D eigenvalue weighted by Crippen LogP contribution is -2.37. The SMILES string of the molecule is CCNCC[Si](O)(O)O. The van der Waals surface area contributed by atoms with E-state index in [4.69, 9.17) is 14.4 Å². The molecule has 0 fully saturated rings. The molecule has 5 heteroatoms. The van der Waals surface area contributed by atoms with E-state index in [9.17, 15) is 0 Å². The van der Waals surface area contributed by atoms with Crippen molar-refractivity contribution in [1.29, 1.82) is 0 Å². The smallest absolute Gasteiger partial charge is 0.390 e. The van der Waals surface area contributed by atoms with E-state index < -0.39 is 8.80 Å². The molecule has 0 aliphatic rings. The maximum atomic E-state index is 8.45. The van der Waals surface area contributed by atoms with E-state index in [2.05, 4.69) is 5.32 Å². The first-order valence-electron chi connectivity index (χ1n) is 2.94. The normalized spacial score (nSPS) is 12.0. The predicted octanol–water partition coefficient (Wildman–Crippen LogP) is -1.49. The minimum atomic E-state index is -3.76. The second-order valence-corrected chi connectivity index (χ2v) is 3.93. The first-order valence-corrected chi connectivity index (χ1v) is 4.99. The first-order chi connectivity index (χ1) is 4.06.